The zero-order valence-corrected chi connectivity index (χ0v) is 10.2. The summed E-state index contributed by atoms with van der Waals surface area (Å²) in [4.78, 5) is 0. The molecule has 0 bridgehead atoms. The fourth-order valence-electron chi connectivity index (χ4n) is 1.73. The molecule has 0 saturated heterocycles. The molecular formula is C12H13ClOS. The molecule has 0 amide bonds. The first-order chi connectivity index (χ1) is 7.36. The van der Waals surface area contributed by atoms with Crippen LogP contribution in [-0.2, 0) is 6.42 Å². The smallest absolute Gasteiger partial charge is 0.127 e. The fourth-order valence-corrected chi connectivity index (χ4v) is 2.88. The van der Waals surface area contributed by atoms with Gasteiger partial charge in [0, 0.05) is 16.0 Å². The quantitative estimate of drug-likeness (QED) is 0.732. The third kappa shape index (κ3) is 2.11. The molecule has 0 radical (unpaired) electrons. The second-order valence-corrected chi connectivity index (χ2v) is 4.68. The molecule has 0 saturated carbocycles. The highest BCUT2D eigenvalue weighted by Crippen LogP contribution is 2.34. The van der Waals surface area contributed by atoms with E-state index in [0.717, 1.165) is 18.6 Å². The molecule has 15 heavy (non-hydrogen) atoms. The van der Waals surface area contributed by atoms with E-state index in [-0.39, 0.29) is 0 Å². The van der Waals surface area contributed by atoms with Crippen LogP contribution >= 0.6 is 22.9 Å². The minimum Gasteiger partial charge on any atom is -0.496 e. The first-order valence-electron chi connectivity index (χ1n) is 4.96. The van der Waals surface area contributed by atoms with Crippen molar-refractivity contribution in [2.45, 2.75) is 12.8 Å². The molecule has 2 rings (SSSR count). The average molecular weight is 241 g/mol. The largest absolute Gasteiger partial charge is 0.496 e. The molecule has 1 aromatic carbocycles. The summed E-state index contributed by atoms with van der Waals surface area (Å²) in [5.74, 6) is 1.69. The Morgan fingerprint density at radius 2 is 2.27 bits per heavy atom. The Morgan fingerprint density at radius 1 is 1.40 bits per heavy atom. The summed E-state index contributed by atoms with van der Waals surface area (Å²) in [5, 5.41) is 3.47. The van der Waals surface area contributed by atoms with Crippen LogP contribution in [0, 0.1) is 0 Å². The lowest BCUT2D eigenvalue weighted by Gasteiger charge is -2.04. The summed E-state index contributed by atoms with van der Waals surface area (Å²) in [6.45, 7) is 0. The van der Waals surface area contributed by atoms with Crippen molar-refractivity contribution in [1.29, 1.82) is 0 Å². The number of benzene rings is 1. The van der Waals surface area contributed by atoms with Gasteiger partial charge >= 0.3 is 0 Å². The lowest BCUT2D eigenvalue weighted by molar-refractivity contribution is 0.419. The summed E-state index contributed by atoms with van der Waals surface area (Å²) >= 11 is 7.49. The maximum absolute atomic E-state index is 5.72. The first-order valence-corrected chi connectivity index (χ1v) is 6.37. The number of alkyl halides is 1. The van der Waals surface area contributed by atoms with Gasteiger partial charge in [-0.2, -0.15) is 0 Å². The molecule has 0 fully saturated rings. The highest BCUT2D eigenvalue weighted by Gasteiger charge is 2.08. The minimum absolute atomic E-state index is 0.715. The number of thiophene rings is 1. The van der Waals surface area contributed by atoms with E-state index >= 15 is 0 Å². The van der Waals surface area contributed by atoms with Crippen LogP contribution < -0.4 is 4.74 Å². The number of methoxy groups -OCH3 is 1. The normalized spacial score (nSPS) is 10.8. The topological polar surface area (TPSA) is 9.23 Å². The molecule has 80 valence electrons. The van der Waals surface area contributed by atoms with Crippen molar-refractivity contribution in [3.63, 3.8) is 0 Å². The lowest BCUT2D eigenvalue weighted by atomic mass is 10.1. The van der Waals surface area contributed by atoms with Crippen molar-refractivity contribution in [2.24, 2.45) is 0 Å². The second kappa shape index (κ2) is 4.86. The van der Waals surface area contributed by atoms with Gasteiger partial charge in [0.25, 0.3) is 0 Å². The second-order valence-electron chi connectivity index (χ2n) is 3.39. The maximum Gasteiger partial charge on any atom is 0.127 e. The SMILES string of the molecule is COc1cccc2scc(CCCCl)c12. The number of rotatable bonds is 4. The van der Waals surface area contributed by atoms with Gasteiger partial charge in [-0.25, -0.2) is 0 Å². The molecule has 1 aromatic heterocycles. The molecule has 0 aliphatic carbocycles. The van der Waals surface area contributed by atoms with E-state index in [1.54, 1.807) is 18.4 Å². The highest BCUT2D eigenvalue weighted by atomic mass is 35.5. The molecule has 0 aliphatic rings. The zero-order valence-electron chi connectivity index (χ0n) is 8.63. The maximum atomic E-state index is 5.72. The Kier molecular flexibility index (Phi) is 3.49. The number of fused-ring (bicyclic) bond motifs is 1. The molecule has 3 heteroatoms. The Labute approximate surface area is 98.6 Å². The third-order valence-electron chi connectivity index (χ3n) is 2.44. The van der Waals surface area contributed by atoms with Gasteiger partial charge in [0.2, 0.25) is 0 Å². The monoisotopic (exact) mass is 240 g/mol. The van der Waals surface area contributed by atoms with Crippen LogP contribution in [-0.4, -0.2) is 13.0 Å². The van der Waals surface area contributed by atoms with Crippen LogP contribution in [0.3, 0.4) is 0 Å². The summed E-state index contributed by atoms with van der Waals surface area (Å²) in [5.41, 5.74) is 1.35. The van der Waals surface area contributed by atoms with Gasteiger partial charge in [-0.3, -0.25) is 0 Å². The van der Waals surface area contributed by atoms with E-state index in [1.165, 1.54) is 15.6 Å². The molecule has 0 atom stereocenters. The van der Waals surface area contributed by atoms with Crippen LogP contribution in [0.1, 0.15) is 12.0 Å². The Hall–Kier alpha value is -0.730. The predicted molar refractivity (Wildman–Crippen MR) is 67.4 cm³/mol. The molecule has 0 spiro atoms. The van der Waals surface area contributed by atoms with Crippen LogP contribution in [0.15, 0.2) is 23.6 Å². The zero-order chi connectivity index (χ0) is 10.7. The first kappa shape index (κ1) is 10.8. The standard InChI is InChI=1S/C12H13ClOS/c1-14-10-5-2-6-11-12(10)9(8-15-11)4-3-7-13/h2,5-6,8H,3-4,7H2,1H3. The van der Waals surface area contributed by atoms with Crippen molar-refractivity contribution in [3.05, 3.63) is 29.1 Å². The summed E-state index contributed by atoms with van der Waals surface area (Å²) in [6, 6.07) is 6.18. The van der Waals surface area contributed by atoms with E-state index in [1.807, 2.05) is 12.1 Å². The Morgan fingerprint density at radius 3 is 3.00 bits per heavy atom. The number of hydrogen-bond donors (Lipinski definition) is 0. The van der Waals surface area contributed by atoms with Gasteiger partial charge < -0.3 is 4.74 Å². The van der Waals surface area contributed by atoms with Crippen LogP contribution in [0.25, 0.3) is 10.1 Å². The third-order valence-corrected chi connectivity index (χ3v) is 3.70. The Bertz CT molecular complexity index is 450. The lowest BCUT2D eigenvalue weighted by Crippen LogP contribution is -1.88. The number of hydrogen-bond acceptors (Lipinski definition) is 2. The minimum atomic E-state index is 0.715. The highest BCUT2D eigenvalue weighted by molar-refractivity contribution is 7.17. The van der Waals surface area contributed by atoms with Crippen molar-refractivity contribution in [1.82, 2.24) is 0 Å². The van der Waals surface area contributed by atoms with E-state index < -0.39 is 0 Å². The summed E-state index contributed by atoms with van der Waals surface area (Å²) in [7, 11) is 1.72. The molecule has 0 unspecified atom stereocenters. The van der Waals surface area contributed by atoms with Crippen molar-refractivity contribution in [2.75, 3.05) is 13.0 Å². The van der Waals surface area contributed by atoms with Gasteiger partial charge in [-0.05, 0) is 35.9 Å². The van der Waals surface area contributed by atoms with Gasteiger partial charge in [0.1, 0.15) is 5.75 Å². The van der Waals surface area contributed by atoms with Crippen molar-refractivity contribution < 1.29 is 4.74 Å². The molecule has 0 aliphatic heterocycles. The van der Waals surface area contributed by atoms with Crippen LogP contribution in [0.4, 0.5) is 0 Å². The van der Waals surface area contributed by atoms with Gasteiger partial charge in [0.15, 0.2) is 0 Å². The van der Waals surface area contributed by atoms with Gasteiger partial charge in [-0.1, -0.05) is 6.07 Å². The van der Waals surface area contributed by atoms with E-state index in [0.29, 0.717) is 5.88 Å². The molecule has 1 nitrogen and oxygen atoms in total. The van der Waals surface area contributed by atoms with E-state index in [2.05, 4.69) is 11.4 Å². The molecular weight excluding hydrogens is 228 g/mol. The van der Waals surface area contributed by atoms with E-state index in [4.69, 9.17) is 16.3 Å². The van der Waals surface area contributed by atoms with Crippen LogP contribution in [0.2, 0.25) is 0 Å². The fraction of sp³-hybridized carbons (Fsp3) is 0.333. The van der Waals surface area contributed by atoms with Crippen molar-refractivity contribution >= 4 is 33.0 Å². The number of aryl methyl sites for hydroxylation is 1. The predicted octanol–water partition coefficient (Wildman–Crippen LogP) is 4.08. The van der Waals surface area contributed by atoms with E-state index in [9.17, 15) is 0 Å². The molecule has 2 aromatic rings. The molecule has 1 heterocycles. The Balaban J connectivity index is 2.46. The van der Waals surface area contributed by atoms with Gasteiger partial charge in [0.05, 0.1) is 7.11 Å². The van der Waals surface area contributed by atoms with Crippen LogP contribution in [0.5, 0.6) is 5.75 Å². The molecule has 0 N–H and O–H groups in total. The number of ether oxygens (including phenoxy) is 1. The average Bonchev–Trinajstić information content (AvgIpc) is 2.69. The van der Waals surface area contributed by atoms with Gasteiger partial charge in [-0.15, -0.1) is 22.9 Å². The summed E-state index contributed by atoms with van der Waals surface area (Å²) in [6.07, 6.45) is 2.05. The van der Waals surface area contributed by atoms with Crippen molar-refractivity contribution in [3.8, 4) is 5.75 Å². The summed E-state index contributed by atoms with van der Waals surface area (Å²) < 4.78 is 6.67. The number of halogens is 1.